The molecule has 4 bridgehead atoms. The van der Waals surface area contributed by atoms with Crippen molar-refractivity contribution >= 4 is 16.1 Å². The van der Waals surface area contributed by atoms with Gasteiger partial charge in [-0.15, -0.1) is 0 Å². The fourth-order valence-electron chi connectivity index (χ4n) is 6.78. The minimum Gasteiger partial charge on any atom is -0.465 e. The summed E-state index contributed by atoms with van der Waals surface area (Å²) >= 11 is 0. The van der Waals surface area contributed by atoms with Crippen molar-refractivity contribution < 1.29 is 40.8 Å². The van der Waals surface area contributed by atoms with Crippen LogP contribution in [-0.2, 0) is 19.6 Å². The summed E-state index contributed by atoms with van der Waals surface area (Å²) in [6, 6.07) is 0. The van der Waals surface area contributed by atoms with E-state index in [-0.39, 0.29) is 17.3 Å². The Bertz CT molecular complexity index is 765. The zero-order valence-electron chi connectivity index (χ0n) is 17.4. The molecule has 4 fully saturated rings. The van der Waals surface area contributed by atoms with Gasteiger partial charge in [-0.05, 0) is 63.2 Å². The van der Waals surface area contributed by atoms with E-state index in [0.29, 0.717) is 32.1 Å². The second-order valence-corrected chi connectivity index (χ2v) is 11.2. The Balaban J connectivity index is 1.71. The van der Waals surface area contributed by atoms with Crippen molar-refractivity contribution in [2.75, 3.05) is 6.61 Å². The summed E-state index contributed by atoms with van der Waals surface area (Å²) in [5.41, 5.74) is -2.10. The van der Waals surface area contributed by atoms with Gasteiger partial charge >= 0.3 is 21.3 Å². The van der Waals surface area contributed by atoms with Crippen LogP contribution in [0.3, 0.4) is 0 Å². The van der Waals surface area contributed by atoms with Crippen LogP contribution in [0, 0.1) is 22.7 Å². The van der Waals surface area contributed by atoms with Gasteiger partial charge in [-0.1, -0.05) is 13.8 Å². The number of carbonyl (C=O) groups is 1. The highest BCUT2D eigenvalue weighted by molar-refractivity contribution is 7.86. The van der Waals surface area contributed by atoms with Gasteiger partial charge in [-0.2, -0.15) is 17.2 Å². The molecule has 4 saturated carbocycles. The quantitative estimate of drug-likeness (QED) is 0.403. The molecule has 4 aliphatic carbocycles. The third-order valence-corrected chi connectivity index (χ3v) is 8.91. The van der Waals surface area contributed by atoms with Crippen molar-refractivity contribution in [1.29, 1.82) is 0 Å². The molecule has 2 N–H and O–H groups in total. The number of halogens is 3. The van der Waals surface area contributed by atoms with E-state index in [1.54, 1.807) is 0 Å². The maximum atomic E-state index is 13.7. The molecule has 3 atom stereocenters. The third kappa shape index (κ3) is 3.66. The molecule has 0 spiro atoms. The summed E-state index contributed by atoms with van der Waals surface area (Å²) in [5.74, 6) is -0.0275. The Kier molecular flexibility index (Phi) is 6.04. The van der Waals surface area contributed by atoms with Gasteiger partial charge in [0.25, 0.3) is 0 Å². The lowest BCUT2D eigenvalue weighted by atomic mass is 9.40. The molecule has 0 saturated heterocycles. The number of esters is 1. The van der Waals surface area contributed by atoms with E-state index in [1.165, 1.54) is 0 Å². The summed E-state index contributed by atoms with van der Waals surface area (Å²) in [5, 5.41) is 6.38. The van der Waals surface area contributed by atoms with Gasteiger partial charge in [0, 0.05) is 11.8 Å². The normalized spacial score (nSPS) is 34.8. The SMILES string of the molecule is CCC(O)(CC)C12CC3CC(CC(C(=O)OCCC(F)C(F)(F)S(=O)(=O)O)(C3)C1)C2. The lowest BCUT2D eigenvalue weighted by molar-refractivity contribution is -0.219. The van der Waals surface area contributed by atoms with E-state index in [1.807, 2.05) is 13.8 Å². The van der Waals surface area contributed by atoms with Crippen LogP contribution in [0.4, 0.5) is 13.2 Å². The molecule has 4 aliphatic rings. The molecule has 0 amide bonds. The minimum absolute atomic E-state index is 0.279. The smallest absolute Gasteiger partial charge is 0.400 e. The molecule has 0 aromatic carbocycles. The van der Waals surface area contributed by atoms with E-state index >= 15 is 0 Å². The summed E-state index contributed by atoms with van der Waals surface area (Å²) in [6.45, 7) is 3.16. The number of hydrogen-bond donors (Lipinski definition) is 2. The van der Waals surface area contributed by atoms with Gasteiger partial charge < -0.3 is 9.84 Å². The summed E-state index contributed by atoms with van der Waals surface area (Å²) < 4.78 is 75.3. The maximum Gasteiger partial charge on any atom is 0.400 e. The first-order valence-corrected chi connectivity index (χ1v) is 12.1. The Labute approximate surface area is 175 Å². The van der Waals surface area contributed by atoms with Crippen LogP contribution in [0.15, 0.2) is 0 Å². The van der Waals surface area contributed by atoms with Crippen molar-refractivity contribution in [1.82, 2.24) is 0 Å². The molecule has 0 aliphatic heterocycles. The zero-order valence-corrected chi connectivity index (χ0v) is 18.2. The van der Waals surface area contributed by atoms with E-state index in [9.17, 15) is 31.5 Å². The Hall–Kier alpha value is -0.870. The highest BCUT2D eigenvalue weighted by Gasteiger charge is 2.66. The van der Waals surface area contributed by atoms with Gasteiger partial charge in [0.05, 0.1) is 17.6 Å². The van der Waals surface area contributed by atoms with Crippen LogP contribution in [0.2, 0.25) is 0 Å². The number of carbonyl (C=O) groups excluding carboxylic acids is 1. The van der Waals surface area contributed by atoms with E-state index < -0.39 is 51.6 Å². The van der Waals surface area contributed by atoms with Crippen LogP contribution < -0.4 is 0 Å². The molecule has 6 nitrogen and oxygen atoms in total. The van der Waals surface area contributed by atoms with Gasteiger partial charge in [0.1, 0.15) is 0 Å². The molecule has 3 unspecified atom stereocenters. The molecular formula is C20H31F3O6S. The molecule has 0 radical (unpaired) electrons. The first-order valence-electron chi connectivity index (χ1n) is 10.6. The number of rotatable bonds is 9. The van der Waals surface area contributed by atoms with Crippen LogP contribution in [0.1, 0.15) is 71.6 Å². The van der Waals surface area contributed by atoms with Gasteiger partial charge in [0.15, 0.2) is 6.17 Å². The van der Waals surface area contributed by atoms with Crippen molar-refractivity contribution in [3.63, 3.8) is 0 Å². The van der Waals surface area contributed by atoms with E-state index in [4.69, 9.17) is 9.29 Å². The molecule has 4 rings (SSSR count). The second-order valence-electron chi connectivity index (χ2n) is 9.69. The Morgan fingerprint density at radius 2 is 1.70 bits per heavy atom. The lowest BCUT2D eigenvalue weighted by Crippen LogP contribution is -2.63. The summed E-state index contributed by atoms with van der Waals surface area (Å²) in [6.07, 6.45) is 1.28. The molecule has 10 heteroatoms. The topological polar surface area (TPSA) is 101 Å². The zero-order chi connectivity index (χ0) is 22.6. The fraction of sp³-hybridized carbons (Fsp3) is 0.950. The Morgan fingerprint density at radius 1 is 1.17 bits per heavy atom. The number of alkyl halides is 3. The first kappa shape index (κ1) is 23.8. The number of hydrogen-bond acceptors (Lipinski definition) is 5. The van der Waals surface area contributed by atoms with Crippen molar-refractivity contribution in [2.24, 2.45) is 22.7 Å². The van der Waals surface area contributed by atoms with Gasteiger partial charge in [-0.25, -0.2) is 4.39 Å². The molecule has 174 valence electrons. The minimum atomic E-state index is -5.90. The highest BCUT2D eigenvalue weighted by atomic mass is 32.2. The van der Waals surface area contributed by atoms with Gasteiger partial charge in [0.2, 0.25) is 0 Å². The first-order chi connectivity index (χ1) is 13.7. The maximum absolute atomic E-state index is 13.7. The number of aliphatic hydroxyl groups is 1. The monoisotopic (exact) mass is 456 g/mol. The highest BCUT2D eigenvalue weighted by Crippen LogP contribution is 2.69. The number of ether oxygens (including phenoxy) is 1. The average Bonchev–Trinajstić information content (AvgIpc) is 2.64. The fourth-order valence-corrected chi connectivity index (χ4v) is 7.22. The molecular weight excluding hydrogens is 425 g/mol. The summed E-state index contributed by atoms with van der Waals surface area (Å²) in [4.78, 5) is 13.0. The van der Waals surface area contributed by atoms with Crippen LogP contribution >= 0.6 is 0 Å². The van der Waals surface area contributed by atoms with Crippen LogP contribution in [0.5, 0.6) is 0 Å². The Morgan fingerprint density at radius 3 is 2.17 bits per heavy atom. The van der Waals surface area contributed by atoms with Crippen LogP contribution in [-0.4, -0.2) is 47.7 Å². The molecule has 0 aromatic rings. The largest absolute Gasteiger partial charge is 0.465 e. The lowest BCUT2D eigenvalue weighted by Gasteiger charge is -2.65. The van der Waals surface area contributed by atoms with Crippen molar-refractivity contribution in [3.8, 4) is 0 Å². The molecule has 0 heterocycles. The predicted molar refractivity (Wildman–Crippen MR) is 102 cm³/mol. The van der Waals surface area contributed by atoms with Crippen molar-refractivity contribution in [2.45, 2.75) is 88.7 Å². The standard InChI is InChI=1S/C20H31F3O6S/c1-3-19(25,4-2)18-10-13-7-14(11-18)9-17(8-13,12-18)16(24)29-6-5-15(21)20(22,23)30(26,27)28/h13-15,25H,3-12H2,1-2H3,(H,26,27,28). The van der Waals surface area contributed by atoms with E-state index in [2.05, 4.69) is 0 Å². The molecule has 30 heavy (non-hydrogen) atoms. The van der Waals surface area contributed by atoms with Crippen LogP contribution in [0.25, 0.3) is 0 Å². The average molecular weight is 457 g/mol. The van der Waals surface area contributed by atoms with Crippen molar-refractivity contribution in [3.05, 3.63) is 0 Å². The predicted octanol–water partition coefficient (Wildman–Crippen LogP) is 3.88. The van der Waals surface area contributed by atoms with E-state index in [0.717, 1.165) is 19.3 Å². The van der Waals surface area contributed by atoms with Gasteiger partial charge in [-0.3, -0.25) is 9.35 Å². The summed E-state index contributed by atoms with van der Waals surface area (Å²) in [7, 11) is -5.90. The third-order valence-electron chi connectivity index (χ3n) is 7.96. The second kappa shape index (κ2) is 7.62. The molecule has 0 aromatic heterocycles.